The Kier molecular flexibility index (Phi) is 6.04. The van der Waals surface area contributed by atoms with Crippen molar-refractivity contribution in [3.05, 3.63) is 127 Å². The summed E-state index contributed by atoms with van der Waals surface area (Å²) in [6.45, 7) is 10.6. The molecule has 1 aliphatic rings. The first kappa shape index (κ1) is 27.1. The van der Waals surface area contributed by atoms with Gasteiger partial charge >= 0.3 is 7.12 Å². The lowest BCUT2D eigenvalue weighted by molar-refractivity contribution is 0.00578. The minimum atomic E-state index is -0.427. The van der Waals surface area contributed by atoms with Gasteiger partial charge in [-0.1, -0.05) is 127 Å². The Hall–Kier alpha value is -4.44. The molecule has 8 rings (SSSR count). The first-order valence-electron chi connectivity index (χ1n) is 15.5. The van der Waals surface area contributed by atoms with Crippen LogP contribution in [0.3, 0.4) is 0 Å². The highest BCUT2D eigenvalue weighted by molar-refractivity contribution is 6.65. The zero-order chi connectivity index (χ0) is 30.2. The van der Waals surface area contributed by atoms with E-state index in [2.05, 4.69) is 156 Å². The van der Waals surface area contributed by atoms with Crippen LogP contribution in [0.4, 0.5) is 0 Å². The highest BCUT2D eigenvalue weighted by atomic mass is 16.7. The molecule has 214 valence electrons. The summed E-state index contributed by atoms with van der Waals surface area (Å²) >= 11 is 0. The van der Waals surface area contributed by atoms with Crippen LogP contribution < -0.4 is 5.46 Å². The van der Waals surface area contributed by atoms with E-state index in [1.54, 1.807) is 0 Å². The highest BCUT2D eigenvalue weighted by Crippen LogP contribution is 2.47. The van der Waals surface area contributed by atoms with Crippen molar-refractivity contribution < 1.29 is 9.31 Å². The second-order valence-corrected chi connectivity index (χ2v) is 13.2. The van der Waals surface area contributed by atoms with Gasteiger partial charge in [-0.3, -0.25) is 0 Å². The summed E-state index contributed by atoms with van der Waals surface area (Å²) in [5.74, 6) is 0. The molecule has 7 aromatic carbocycles. The maximum atomic E-state index is 6.54. The first-order valence-corrected chi connectivity index (χ1v) is 15.5. The smallest absolute Gasteiger partial charge is 0.399 e. The first-order chi connectivity index (χ1) is 21.2. The third-order valence-electron chi connectivity index (χ3n) is 9.97. The van der Waals surface area contributed by atoms with Crippen LogP contribution in [-0.2, 0) is 9.31 Å². The standard InChI is InChI=1S/C41H35BO2/c1-26-21-22-35-36(25-26)39(31-20-12-14-27-13-6-7-15-28(27)31)33-19-11-10-18-32(33)38(35)34-23-24-37(30-17-9-8-16-29(30)34)42-43-40(2,3)41(4,5)44-42/h6-25H,1-5H3. The molecule has 0 aromatic heterocycles. The van der Waals surface area contributed by atoms with Crippen molar-refractivity contribution in [2.24, 2.45) is 0 Å². The number of fused-ring (bicyclic) bond motifs is 4. The van der Waals surface area contributed by atoms with E-state index >= 15 is 0 Å². The van der Waals surface area contributed by atoms with Crippen LogP contribution in [0.5, 0.6) is 0 Å². The molecular formula is C41H35BO2. The molecule has 1 heterocycles. The maximum Gasteiger partial charge on any atom is 0.495 e. The van der Waals surface area contributed by atoms with Gasteiger partial charge in [-0.25, -0.2) is 0 Å². The molecule has 0 atom stereocenters. The quantitative estimate of drug-likeness (QED) is 0.155. The molecule has 1 saturated heterocycles. The van der Waals surface area contributed by atoms with Gasteiger partial charge in [-0.15, -0.1) is 0 Å². The molecule has 1 aliphatic heterocycles. The molecule has 0 aliphatic carbocycles. The molecule has 0 amide bonds. The predicted octanol–water partition coefficient (Wildman–Crippen LogP) is 10.2. The van der Waals surface area contributed by atoms with Crippen LogP contribution >= 0.6 is 0 Å². The Balaban J connectivity index is 1.45. The number of benzene rings is 7. The fourth-order valence-corrected chi connectivity index (χ4v) is 7.03. The lowest BCUT2D eigenvalue weighted by atomic mass is 9.74. The number of hydrogen-bond acceptors (Lipinski definition) is 2. The van der Waals surface area contributed by atoms with Crippen molar-refractivity contribution in [1.82, 2.24) is 0 Å². The van der Waals surface area contributed by atoms with Gasteiger partial charge in [0.15, 0.2) is 0 Å². The van der Waals surface area contributed by atoms with E-state index in [0.717, 1.165) is 10.8 Å². The lowest BCUT2D eigenvalue weighted by Gasteiger charge is -2.32. The van der Waals surface area contributed by atoms with E-state index in [1.807, 2.05) is 0 Å². The average Bonchev–Trinajstić information content (AvgIpc) is 3.25. The van der Waals surface area contributed by atoms with Crippen molar-refractivity contribution in [2.75, 3.05) is 0 Å². The Morgan fingerprint density at radius 3 is 1.68 bits per heavy atom. The van der Waals surface area contributed by atoms with Crippen LogP contribution in [0.2, 0.25) is 0 Å². The monoisotopic (exact) mass is 570 g/mol. The second-order valence-electron chi connectivity index (χ2n) is 13.2. The Morgan fingerprint density at radius 1 is 0.455 bits per heavy atom. The fraction of sp³-hybridized carbons (Fsp3) is 0.171. The van der Waals surface area contributed by atoms with E-state index in [1.165, 1.54) is 65.5 Å². The summed E-state index contributed by atoms with van der Waals surface area (Å²) in [5, 5.41) is 9.92. The van der Waals surface area contributed by atoms with E-state index in [4.69, 9.17) is 9.31 Å². The lowest BCUT2D eigenvalue weighted by Crippen LogP contribution is -2.41. The summed E-state index contributed by atoms with van der Waals surface area (Å²) in [5.41, 5.74) is 6.55. The summed E-state index contributed by atoms with van der Waals surface area (Å²) in [7, 11) is -0.427. The molecular weight excluding hydrogens is 535 g/mol. The van der Waals surface area contributed by atoms with Crippen molar-refractivity contribution in [2.45, 2.75) is 45.8 Å². The number of hydrogen-bond donors (Lipinski definition) is 0. The summed E-state index contributed by atoms with van der Waals surface area (Å²) in [6.07, 6.45) is 0. The van der Waals surface area contributed by atoms with Crippen molar-refractivity contribution in [1.29, 1.82) is 0 Å². The van der Waals surface area contributed by atoms with Crippen molar-refractivity contribution in [3.63, 3.8) is 0 Å². The molecule has 1 fully saturated rings. The van der Waals surface area contributed by atoms with Gasteiger partial charge in [0.25, 0.3) is 0 Å². The van der Waals surface area contributed by atoms with Crippen LogP contribution in [-0.4, -0.2) is 18.3 Å². The predicted molar refractivity (Wildman–Crippen MR) is 188 cm³/mol. The average molecular weight is 571 g/mol. The van der Waals surface area contributed by atoms with Crippen molar-refractivity contribution >= 4 is 55.7 Å². The van der Waals surface area contributed by atoms with Gasteiger partial charge in [-0.05, 0) is 105 Å². The molecule has 0 bridgehead atoms. The van der Waals surface area contributed by atoms with E-state index < -0.39 is 18.3 Å². The van der Waals surface area contributed by atoms with E-state index in [9.17, 15) is 0 Å². The van der Waals surface area contributed by atoms with Gasteiger partial charge in [-0.2, -0.15) is 0 Å². The Labute approximate surface area is 259 Å². The zero-order valence-electron chi connectivity index (χ0n) is 25.9. The van der Waals surface area contributed by atoms with E-state index in [0.29, 0.717) is 0 Å². The van der Waals surface area contributed by atoms with Gasteiger partial charge < -0.3 is 9.31 Å². The zero-order valence-corrected chi connectivity index (χ0v) is 25.9. The van der Waals surface area contributed by atoms with Gasteiger partial charge in [0.05, 0.1) is 11.2 Å². The van der Waals surface area contributed by atoms with Crippen LogP contribution in [0.25, 0.3) is 65.3 Å². The molecule has 2 nitrogen and oxygen atoms in total. The van der Waals surface area contributed by atoms with Crippen molar-refractivity contribution in [3.8, 4) is 22.3 Å². The number of aryl methyl sites for hydroxylation is 1. The SMILES string of the molecule is Cc1ccc2c(-c3ccc(B4OC(C)(C)C(C)(C)O4)c4ccccc34)c3ccccc3c(-c3cccc4ccccc34)c2c1. The fourth-order valence-electron chi connectivity index (χ4n) is 7.03. The van der Waals surface area contributed by atoms with Gasteiger partial charge in [0, 0.05) is 0 Å². The normalized spacial score (nSPS) is 16.0. The minimum absolute atomic E-state index is 0.404. The number of rotatable bonds is 3. The third-order valence-corrected chi connectivity index (χ3v) is 9.97. The molecule has 0 spiro atoms. The Bertz CT molecular complexity index is 2240. The second kappa shape index (κ2) is 9.79. The molecule has 7 aromatic rings. The Morgan fingerprint density at radius 2 is 0.977 bits per heavy atom. The van der Waals surface area contributed by atoms with Gasteiger partial charge in [0.2, 0.25) is 0 Å². The summed E-state index contributed by atoms with van der Waals surface area (Å²) in [4.78, 5) is 0. The van der Waals surface area contributed by atoms with Crippen LogP contribution in [0.1, 0.15) is 33.3 Å². The van der Waals surface area contributed by atoms with E-state index in [-0.39, 0.29) is 0 Å². The molecule has 0 radical (unpaired) electrons. The molecule has 0 N–H and O–H groups in total. The van der Waals surface area contributed by atoms with Crippen LogP contribution in [0.15, 0.2) is 121 Å². The minimum Gasteiger partial charge on any atom is -0.399 e. The molecule has 0 unspecified atom stereocenters. The topological polar surface area (TPSA) is 18.5 Å². The molecule has 3 heteroatoms. The summed E-state index contributed by atoms with van der Waals surface area (Å²) in [6, 6.07) is 44.4. The third kappa shape index (κ3) is 4.04. The molecule has 0 saturated carbocycles. The molecule has 44 heavy (non-hydrogen) atoms. The maximum absolute atomic E-state index is 6.54. The van der Waals surface area contributed by atoms with Gasteiger partial charge in [0.1, 0.15) is 0 Å². The largest absolute Gasteiger partial charge is 0.495 e. The summed E-state index contributed by atoms with van der Waals surface area (Å²) < 4.78 is 13.1. The van der Waals surface area contributed by atoms with Crippen LogP contribution in [0, 0.1) is 6.92 Å². The highest BCUT2D eigenvalue weighted by Gasteiger charge is 2.52.